The van der Waals surface area contributed by atoms with Crippen molar-refractivity contribution in [2.45, 2.75) is 0 Å². The van der Waals surface area contributed by atoms with Gasteiger partial charge in [0.1, 0.15) is 22.3 Å². The first-order valence-electron chi connectivity index (χ1n) is 16.6. The standard InChI is InChI=1S/C45H27N3O2/c1-3-13-28(14-4-1)30-17-11-18-31(27-30)44-46-43(29-15-5-2-6-16-29)47-45(48-44)36-26-25-33(42-41(36)35-20-8-10-23-38(35)50-42)32-21-12-24-39-40(32)34-19-7-9-22-37(34)49-39/h1-27H. The first-order chi connectivity index (χ1) is 24.8. The minimum atomic E-state index is 0.578. The number of para-hydroxylation sites is 2. The van der Waals surface area contributed by atoms with Crippen LogP contribution in [-0.2, 0) is 0 Å². The second-order valence-electron chi connectivity index (χ2n) is 12.4. The molecule has 50 heavy (non-hydrogen) atoms. The molecule has 3 aromatic heterocycles. The summed E-state index contributed by atoms with van der Waals surface area (Å²) in [6, 6.07) is 55.6. The smallest absolute Gasteiger partial charge is 0.164 e. The molecule has 0 amide bonds. The van der Waals surface area contributed by atoms with E-state index < -0.39 is 0 Å². The molecular weight excluding hydrogens is 615 g/mol. The third-order valence-electron chi connectivity index (χ3n) is 9.36. The first-order valence-corrected chi connectivity index (χ1v) is 16.6. The Morgan fingerprint density at radius 2 is 0.860 bits per heavy atom. The molecule has 0 spiro atoms. The molecule has 5 heteroatoms. The van der Waals surface area contributed by atoms with E-state index in [2.05, 4.69) is 78.9 Å². The van der Waals surface area contributed by atoms with Gasteiger partial charge in [0.2, 0.25) is 0 Å². The topological polar surface area (TPSA) is 65.0 Å². The van der Waals surface area contributed by atoms with E-state index >= 15 is 0 Å². The van der Waals surface area contributed by atoms with Crippen LogP contribution in [0.3, 0.4) is 0 Å². The van der Waals surface area contributed by atoms with Gasteiger partial charge in [-0.2, -0.15) is 0 Å². The highest BCUT2D eigenvalue weighted by molar-refractivity contribution is 6.20. The molecule has 7 aromatic carbocycles. The average Bonchev–Trinajstić information content (AvgIpc) is 3.77. The Bertz CT molecular complexity index is 2870. The number of hydrogen-bond donors (Lipinski definition) is 0. The van der Waals surface area contributed by atoms with Crippen molar-refractivity contribution in [2.24, 2.45) is 0 Å². The van der Waals surface area contributed by atoms with Crippen LogP contribution in [0.25, 0.3) is 100 Å². The highest BCUT2D eigenvalue weighted by atomic mass is 16.3. The monoisotopic (exact) mass is 641 g/mol. The predicted molar refractivity (Wildman–Crippen MR) is 202 cm³/mol. The van der Waals surface area contributed by atoms with E-state index in [9.17, 15) is 0 Å². The maximum atomic E-state index is 6.73. The lowest BCUT2D eigenvalue weighted by Gasteiger charge is -2.12. The molecule has 10 rings (SSSR count). The van der Waals surface area contributed by atoms with E-state index in [0.29, 0.717) is 17.5 Å². The van der Waals surface area contributed by atoms with Gasteiger partial charge in [0.05, 0.1) is 0 Å². The maximum absolute atomic E-state index is 6.73. The molecule has 0 aliphatic carbocycles. The molecule has 234 valence electrons. The summed E-state index contributed by atoms with van der Waals surface area (Å²) in [6.45, 7) is 0. The number of benzene rings is 7. The average molecular weight is 642 g/mol. The van der Waals surface area contributed by atoms with Gasteiger partial charge in [-0.3, -0.25) is 0 Å². The van der Waals surface area contributed by atoms with E-state index in [0.717, 1.165) is 82.8 Å². The van der Waals surface area contributed by atoms with Crippen LogP contribution >= 0.6 is 0 Å². The maximum Gasteiger partial charge on any atom is 0.164 e. The fourth-order valence-corrected chi connectivity index (χ4v) is 7.04. The Morgan fingerprint density at radius 1 is 0.320 bits per heavy atom. The van der Waals surface area contributed by atoms with E-state index in [4.69, 9.17) is 23.8 Å². The lowest BCUT2D eigenvalue weighted by molar-refractivity contribution is 0.668. The summed E-state index contributed by atoms with van der Waals surface area (Å²) in [6.07, 6.45) is 0. The number of rotatable bonds is 5. The Balaban J connectivity index is 1.23. The second-order valence-corrected chi connectivity index (χ2v) is 12.4. The van der Waals surface area contributed by atoms with Crippen molar-refractivity contribution in [3.8, 4) is 56.4 Å². The Hall–Kier alpha value is -6.85. The van der Waals surface area contributed by atoms with Gasteiger partial charge in [0, 0.05) is 43.8 Å². The molecule has 0 N–H and O–H groups in total. The molecular formula is C45H27N3O2. The van der Waals surface area contributed by atoms with Crippen LogP contribution in [0, 0.1) is 0 Å². The van der Waals surface area contributed by atoms with Crippen LogP contribution < -0.4 is 0 Å². The van der Waals surface area contributed by atoms with Crippen LogP contribution in [0.15, 0.2) is 173 Å². The molecule has 0 aliphatic rings. The van der Waals surface area contributed by atoms with E-state index in [1.807, 2.05) is 84.9 Å². The fraction of sp³-hybridized carbons (Fsp3) is 0. The molecule has 0 fully saturated rings. The zero-order valence-electron chi connectivity index (χ0n) is 26.7. The van der Waals surface area contributed by atoms with Crippen molar-refractivity contribution in [2.75, 3.05) is 0 Å². The molecule has 0 aliphatic heterocycles. The van der Waals surface area contributed by atoms with E-state index in [1.165, 1.54) is 0 Å². The number of hydrogen-bond acceptors (Lipinski definition) is 5. The molecule has 0 unspecified atom stereocenters. The van der Waals surface area contributed by atoms with Gasteiger partial charge in [0.25, 0.3) is 0 Å². The van der Waals surface area contributed by atoms with Crippen LogP contribution in [0.1, 0.15) is 0 Å². The number of aromatic nitrogens is 3. The highest BCUT2D eigenvalue weighted by Gasteiger charge is 2.22. The third kappa shape index (κ3) is 4.60. The molecule has 0 radical (unpaired) electrons. The molecule has 0 bridgehead atoms. The summed E-state index contributed by atoms with van der Waals surface area (Å²) in [4.78, 5) is 15.3. The summed E-state index contributed by atoms with van der Waals surface area (Å²) in [7, 11) is 0. The second kappa shape index (κ2) is 11.4. The van der Waals surface area contributed by atoms with Crippen molar-refractivity contribution in [3.05, 3.63) is 164 Å². The van der Waals surface area contributed by atoms with Crippen LogP contribution in [0.4, 0.5) is 0 Å². The molecule has 0 atom stereocenters. The van der Waals surface area contributed by atoms with Crippen molar-refractivity contribution >= 4 is 43.9 Å². The van der Waals surface area contributed by atoms with Gasteiger partial charge in [-0.1, -0.05) is 127 Å². The quantitative estimate of drug-likeness (QED) is 0.187. The van der Waals surface area contributed by atoms with Gasteiger partial charge in [-0.25, -0.2) is 15.0 Å². The largest absolute Gasteiger partial charge is 0.456 e. The normalized spacial score (nSPS) is 11.6. The van der Waals surface area contributed by atoms with Crippen molar-refractivity contribution in [1.29, 1.82) is 0 Å². The highest BCUT2D eigenvalue weighted by Crippen LogP contribution is 2.44. The molecule has 0 saturated carbocycles. The van der Waals surface area contributed by atoms with Gasteiger partial charge in [-0.15, -0.1) is 0 Å². The predicted octanol–water partition coefficient (Wildman–Crippen LogP) is 12.0. The molecule has 3 heterocycles. The van der Waals surface area contributed by atoms with Crippen LogP contribution in [0.5, 0.6) is 0 Å². The summed E-state index contributed by atoms with van der Waals surface area (Å²) in [5.74, 6) is 1.79. The van der Waals surface area contributed by atoms with Crippen LogP contribution in [-0.4, -0.2) is 15.0 Å². The molecule has 10 aromatic rings. The number of furan rings is 2. The Labute approximate surface area is 287 Å². The van der Waals surface area contributed by atoms with Crippen molar-refractivity contribution in [1.82, 2.24) is 15.0 Å². The Morgan fingerprint density at radius 3 is 1.64 bits per heavy atom. The fourth-order valence-electron chi connectivity index (χ4n) is 7.04. The summed E-state index contributed by atoms with van der Waals surface area (Å²) in [5.41, 5.74) is 10.2. The lowest BCUT2D eigenvalue weighted by atomic mass is 9.95. The van der Waals surface area contributed by atoms with Crippen molar-refractivity contribution in [3.63, 3.8) is 0 Å². The Kier molecular flexibility index (Phi) is 6.42. The third-order valence-corrected chi connectivity index (χ3v) is 9.36. The van der Waals surface area contributed by atoms with Gasteiger partial charge in [0.15, 0.2) is 17.5 Å². The number of nitrogens with zero attached hydrogens (tertiary/aromatic N) is 3. The van der Waals surface area contributed by atoms with Gasteiger partial charge >= 0.3 is 0 Å². The molecule has 5 nitrogen and oxygen atoms in total. The van der Waals surface area contributed by atoms with E-state index in [-0.39, 0.29) is 0 Å². The van der Waals surface area contributed by atoms with Crippen molar-refractivity contribution < 1.29 is 8.83 Å². The lowest BCUT2D eigenvalue weighted by Crippen LogP contribution is -2.00. The SMILES string of the molecule is c1ccc(-c2cccc(-c3nc(-c4ccccc4)nc(-c4ccc(-c5cccc6oc7ccccc7c56)c5oc6ccccc6c45)n3)c2)cc1. The van der Waals surface area contributed by atoms with E-state index in [1.54, 1.807) is 0 Å². The summed E-state index contributed by atoms with van der Waals surface area (Å²) in [5, 5.41) is 4.08. The minimum absolute atomic E-state index is 0.578. The molecule has 0 saturated heterocycles. The zero-order chi connectivity index (χ0) is 33.0. The van der Waals surface area contributed by atoms with Crippen LogP contribution in [0.2, 0.25) is 0 Å². The summed E-state index contributed by atoms with van der Waals surface area (Å²) >= 11 is 0. The zero-order valence-corrected chi connectivity index (χ0v) is 26.7. The van der Waals surface area contributed by atoms with Gasteiger partial charge < -0.3 is 8.83 Å². The first kappa shape index (κ1) is 28.2. The number of fused-ring (bicyclic) bond motifs is 6. The van der Waals surface area contributed by atoms with Gasteiger partial charge in [-0.05, 0) is 53.1 Å². The minimum Gasteiger partial charge on any atom is -0.456 e. The summed E-state index contributed by atoms with van der Waals surface area (Å²) < 4.78 is 13.0.